The third kappa shape index (κ3) is 5.24. The van der Waals surface area contributed by atoms with Crippen molar-refractivity contribution in [3.8, 4) is 5.75 Å². The van der Waals surface area contributed by atoms with Crippen LogP contribution in [0, 0.1) is 12.8 Å². The number of methoxy groups -OCH3 is 1. The molecular formula is C15H25N3O3S. The molecule has 1 heterocycles. The van der Waals surface area contributed by atoms with E-state index in [1.165, 1.54) is 11.1 Å². The lowest BCUT2D eigenvalue weighted by atomic mass is 9.97. The number of hydrogen-bond donors (Lipinski definition) is 2. The zero-order valence-electron chi connectivity index (χ0n) is 13.2. The maximum Gasteiger partial charge on any atom is 0.274 e. The number of aryl methyl sites for hydroxylation is 1. The lowest BCUT2D eigenvalue weighted by Gasteiger charge is -2.33. The first-order chi connectivity index (χ1) is 10.4. The molecule has 0 radical (unpaired) electrons. The van der Waals surface area contributed by atoms with E-state index in [4.69, 9.17) is 9.88 Å². The Hall–Kier alpha value is -1.15. The first-order valence-corrected chi connectivity index (χ1v) is 9.05. The monoisotopic (exact) mass is 327 g/mol. The predicted octanol–water partition coefficient (Wildman–Crippen LogP) is 1.01. The molecule has 0 aromatic heterocycles. The van der Waals surface area contributed by atoms with E-state index in [0.29, 0.717) is 12.5 Å². The van der Waals surface area contributed by atoms with E-state index < -0.39 is 10.2 Å². The van der Waals surface area contributed by atoms with Crippen LogP contribution >= 0.6 is 0 Å². The Kier molecular flexibility index (Phi) is 5.80. The van der Waals surface area contributed by atoms with Crippen LogP contribution in [0.15, 0.2) is 18.2 Å². The van der Waals surface area contributed by atoms with Crippen LogP contribution in [0.25, 0.3) is 0 Å². The van der Waals surface area contributed by atoms with Gasteiger partial charge in [0.15, 0.2) is 0 Å². The molecule has 0 aliphatic carbocycles. The van der Waals surface area contributed by atoms with Gasteiger partial charge in [0.05, 0.1) is 7.11 Å². The normalized spacial score (nSPS) is 20.0. The van der Waals surface area contributed by atoms with E-state index in [1.807, 2.05) is 12.1 Å². The van der Waals surface area contributed by atoms with E-state index in [-0.39, 0.29) is 0 Å². The van der Waals surface area contributed by atoms with Gasteiger partial charge in [-0.2, -0.15) is 8.42 Å². The zero-order valence-corrected chi connectivity index (χ0v) is 14.0. The van der Waals surface area contributed by atoms with Crippen molar-refractivity contribution in [1.29, 1.82) is 0 Å². The van der Waals surface area contributed by atoms with Crippen molar-refractivity contribution in [3.63, 3.8) is 0 Å². The van der Waals surface area contributed by atoms with Crippen molar-refractivity contribution < 1.29 is 13.2 Å². The van der Waals surface area contributed by atoms with Gasteiger partial charge in [0.25, 0.3) is 10.2 Å². The number of piperidine rings is 1. The summed E-state index contributed by atoms with van der Waals surface area (Å²) >= 11 is 0. The van der Waals surface area contributed by atoms with Gasteiger partial charge in [-0.25, -0.2) is 9.86 Å². The Morgan fingerprint density at radius 1 is 1.45 bits per heavy atom. The van der Waals surface area contributed by atoms with Crippen molar-refractivity contribution in [3.05, 3.63) is 29.3 Å². The summed E-state index contributed by atoms with van der Waals surface area (Å²) in [7, 11) is -1.92. The van der Waals surface area contributed by atoms with Gasteiger partial charge >= 0.3 is 0 Å². The first-order valence-electron chi connectivity index (χ1n) is 7.50. The molecular weight excluding hydrogens is 302 g/mol. The van der Waals surface area contributed by atoms with Gasteiger partial charge in [0, 0.05) is 25.2 Å². The lowest BCUT2D eigenvalue weighted by Crippen LogP contribution is -2.42. The SMILES string of the molecule is COc1ccc(C)cc1CN1CCC[C@H](CNS(N)(=O)=O)C1. The van der Waals surface area contributed by atoms with Crippen LogP contribution in [0.3, 0.4) is 0 Å². The predicted molar refractivity (Wildman–Crippen MR) is 86.8 cm³/mol. The molecule has 0 amide bonds. The molecule has 6 nitrogen and oxygen atoms in total. The smallest absolute Gasteiger partial charge is 0.274 e. The topological polar surface area (TPSA) is 84.7 Å². The van der Waals surface area contributed by atoms with Gasteiger partial charge in [0.1, 0.15) is 5.75 Å². The summed E-state index contributed by atoms with van der Waals surface area (Å²) in [5.74, 6) is 1.19. The third-order valence-electron chi connectivity index (χ3n) is 4.01. The number of nitrogens with two attached hydrogens (primary N) is 1. The minimum Gasteiger partial charge on any atom is -0.496 e. The number of nitrogens with zero attached hydrogens (tertiary/aromatic N) is 1. The highest BCUT2D eigenvalue weighted by atomic mass is 32.2. The van der Waals surface area contributed by atoms with E-state index in [9.17, 15) is 8.42 Å². The van der Waals surface area contributed by atoms with Gasteiger partial charge in [-0.3, -0.25) is 4.90 Å². The summed E-state index contributed by atoms with van der Waals surface area (Å²) in [4.78, 5) is 2.34. The fourth-order valence-electron chi connectivity index (χ4n) is 2.97. The van der Waals surface area contributed by atoms with Crippen LogP contribution in [-0.4, -0.2) is 40.1 Å². The summed E-state index contributed by atoms with van der Waals surface area (Å²) in [6.45, 7) is 5.16. The number of benzene rings is 1. The quantitative estimate of drug-likeness (QED) is 0.816. The molecule has 1 aliphatic rings. The molecule has 1 aliphatic heterocycles. The molecule has 1 aromatic rings. The van der Waals surface area contributed by atoms with Gasteiger partial charge in [-0.05, 0) is 38.3 Å². The molecule has 0 saturated carbocycles. The Labute approximate surface area is 132 Å². The molecule has 0 spiro atoms. The number of hydrogen-bond acceptors (Lipinski definition) is 4. The van der Waals surface area contributed by atoms with Crippen LogP contribution in [0.2, 0.25) is 0 Å². The van der Waals surface area contributed by atoms with Crippen molar-refractivity contribution in [2.75, 3.05) is 26.7 Å². The Bertz CT molecular complexity index is 604. The average molecular weight is 327 g/mol. The molecule has 1 saturated heterocycles. The number of nitrogens with one attached hydrogen (secondary N) is 1. The molecule has 1 aromatic carbocycles. The summed E-state index contributed by atoms with van der Waals surface area (Å²) < 4.78 is 29.8. The molecule has 1 fully saturated rings. The minimum absolute atomic E-state index is 0.294. The largest absolute Gasteiger partial charge is 0.496 e. The fourth-order valence-corrected chi connectivity index (χ4v) is 3.44. The Morgan fingerprint density at radius 2 is 2.23 bits per heavy atom. The number of likely N-dealkylation sites (tertiary alicyclic amines) is 1. The summed E-state index contributed by atoms with van der Waals surface area (Å²) in [6, 6.07) is 6.18. The highest BCUT2D eigenvalue weighted by Crippen LogP contribution is 2.24. The minimum atomic E-state index is -3.60. The van der Waals surface area contributed by atoms with E-state index in [0.717, 1.165) is 38.2 Å². The third-order valence-corrected chi connectivity index (χ3v) is 4.58. The molecule has 7 heteroatoms. The Morgan fingerprint density at radius 3 is 2.91 bits per heavy atom. The van der Waals surface area contributed by atoms with E-state index >= 15 is 0 Å². The van der Waals surface area contributed by atoms with Crippen LogP contribution < -0.4 is 14.6 Å². The maximum absolute atomic E-state index is 11.0. The number of ether oxygens (including phenoxy) is 1. The summed E-state index contributed by atoms with van der Waals surface area (Å²) in [5.41, 5.74) is 2.38. The molecule has 124 valence electrons. The molecule has 0 unspecified atom stereocenters. The molecule has 22 heavy (non-hydrogen) atoms. The molecule has 0 bridgehead atoms. The van der Waals surface area contributed by atoms with Gasteiger partial charge in [-0.15, -0.1) is 0 Å². The van der Waals surface area contributed by atoms with Gasteiger partial charge in [-0.1, -0.05) is 17.7 Å². The zero-order chi connectivity index (χ0) is 16.2. The van der Waals surface area contributed by atoms with E-state index in [2.05, 4.69) is 22.6 Å². The second-order valence-electron chi connectivity index (χ2n) is 5.95. The molecule has 1 atom stereocenters. The average Bonchev–Trinajstić information content (AvgIpc) is 2.45. The fraction of sp³-hybridized carbons (Fsp3) is 0.600. The van der Waals surface area contributed by atoms with Crippen molar-refractivity contribution in [1.82, 2.24) is 9.62 Å². The second-order valence-corrected chi connectivity index (χ2v) is 7.33. The van der Waals surface area contributed by atoms with Crippen molar-refractivity contribution >= 4 is 10.2 Å². The van der Waals surface area contributed by atoms with E-state index in [1.54, 1.807) is 7.11 Å². The summed E-state index contributed by atoms with van der Waals surface area (Å²) in [6.07, 6.45) is 2.08. The van der Waals surface area contributed by atoms with Crippen molar-refractivity contribution in [2.45, 2.75) is 26.3 Å². The molecule has 3 N–H and O–H groups in total. The second kappa shape index (κ2) is 7.41. The van der Waals surface area contributed by atoms with Crippen LogP contribution in [0.4, 0.5) is 0 Å². The van der Waals surface area contributed by atoms with Crippen LogP contribution in [-0.2, 0) is 16.8 Å². The molecule has 2 rings (SSSR count). The Balaban J connectivity index is 1.97. The summed E-state index contributed by atoms with van der Waals surface area (Å²) in [5, 5.41) is 5.00. The van der Waals surface area contributed by atoms with Crippen LogP contribution in [0.1, 0.15) is 24.0 Å². The van der Waals surface area contributed by atoms with Crippen molar-refractivity contribution in [2.24, 2.45) is 11.1 Å². The number of rotatable bonds is 6. The highest BCUT2D eigenvalue weighted by molar-refractivity contribution is 7.87. The first kappa shape index (κ1) is 17.2. The van der Waals surface area contributed by atoms with Gasteiger partial charge < -0.3 is 4.74 Å². The standard InChI is InChI=1S/C15H25N3O3S/c1-12-5-6-15(21-2)14(8-12)11-18-7-3-4-13(10-18)9-17-22(16,19)20/h5-6,8,13,17H,3-4,7,9-11H2,1-2H3,(H2,16,19,20)/t13-/m1/s1. The highest BCUT2D eigenvalue weighted by Gasteiger charge is 2.21. The van der Waals surface area contributed by atoms with Crippen LogP contribution in [0.5, 0.6) is 5.75 Å². The van der Waals surface area contributed by atoms with Gasteiger partial charge in [0.2, 0.25) is 0 Å². The lowest BCUT2D eigenvalue weighted by molar-refractivity contribution is 0.167. The maximum atomic E-state index is 11.0.